The fourth-order valence-electron chi connectivity index (χ4n) is 4.39. The van der Waals surface area contributed by atoms with E-state index in [1.807, 2.05) is 53.6 Å². The number of thiazole rings is 1. The molecular formula is C26H27N3O4S. The van der Waals surface area contributed by atoms with Gasteiger partial charge in [0.05, 0.1) is 23.9 Å². The summed E-state index contributed by atoms with van der Waals surface area (Å²) in [6.07, 6.45) is 1.08. The molecule has 3 heterocycles. The highest BCUT2D eigenvalue weighted by Crippen LogP contribution is 2.34. The number of carbonyl (C=O) groups excluding carboxylic acids is 1. The van der Waals surface area contributed by atoms with Crippen molar-refractivity contribution in [3.63, 3.8) is 0 Å². The van der Waals surface area contributed by atoms with Gasteiger partial charge in [-0.05, 0) is 42.3 Å². The lowest BCUT2D eigenvalue weighted by Gasteiger charge is -2.27. The zero-order chi connectivity index (χ0) is 23.5. The SMILES string of the molecule is Cc1nc(CN2Cc3ccccc3C[C@]3(COC(c4ccc(OCCCO)cc4)=N3)C2=O)cs1. The Hall–Kier alpha value is -3.23. The molecule has 2 aromatic carbocycles. The normalized spacial score (nSPS) is 19.5. The maximum absolute atomic E-state index is 13.9. The van der Waals surface area contributed by atoms with Gasteiger partial charge in [-0.25, -0.2) is 9.98 Å². The molecule has 1 N–H and O–H groups in total. The van der Waals surface area contributed by atoms with Crippen LogP contribution in [0.1, 0.15) is 33.8 Å². The summed E-state index contributed by atoms with van der Waals surface area (Å²) in [5.41, 5.74) is 2.95. The number of ether oxygens (including phenoxy) is 2. The first kappa shape index (κ1) is 22.6. The number of hydrogen-bond acceptors (Lipinski definition) is 7. The van der Waals surface area contributed by atoms with Crippen molar-refractivity contribution in [2.75, 3.05) is 19.8 Å². The van der Waals surface area contributed by atoms with Gasteiger partial charge >= 0.3 is 0 Å². The van der Waals surface area contributed by atoms with Crippen LogP contribution in [0.2, 0.25) is 0 Å². The molecular weight excluding hydrogens is 450 g/mol. The molecule has 3 aromatic rings. The topological polar surface area (TPSA) is 84.2 Å². The third-order valence-corrected chi connectivity index (χ3v) is 6.93. The molecule has 34 heavy (non-hydrogen) atoms. The Morgan fingerprint density at radius 3 is 2.71 bits per heavy atom. The van der Waals surface area contributed by atoms with E-state index in [-0.39, 0.29) is 19.1 Å². The summed E-state index contributed by atoms with van der Waals surface area (Å²) in [7, 11) is 0. The van der Waals surface area contributed by atoms with Crippen molar-refractivity contribution < 1.29 is 19.4 Å². The molecule has 8 heteroatoms. The van der Waals surface area contributed by atoms with E-state index in [0.29, 0.717) is 38.4 Å². The highest BCUT2D eigenvalue weighted by atomic mass is 32.1. The lowest BCUT2D eigenvalue weighted by Crippen LogP contribution is -2.48. The molecule has 1 amide bonds. The van der Waals surface area contributed by atoms with E-state index in [4.69, 9.17) is 19.6 Å². The van der Waals surface area contributed by atoms with Crippen molar-refractivity contribution in [3.8, 4) is 5.75 Å². The van der Waals surface area contributed by atoms with E-state index >= 15 is 0 Å². The van der Waals surface area contributed by atoms with Crippen molar-refractivity contribution in [1.82, 2.24) is 9.88 Å². The Bertz CT molecular complexity index is 1210. The molecule has 0 unspecified atom stereocenters. The van der Waals surface area contributed by atoms with Gasteiger partial charge < -0.3 is 19.5 Å². The van der Waals surface area contributed by atoms with E-state index in [0.717, 1.165) is 33.1 Å². The van der Waals surface area contributed by atoms with Crippen LogP contribution in [0.25, 0.3) is 0 Å². The molecule has 0 saturated carbocycles. The van der Waals surface area contributed by atoms with Gasteiger partial charge in [0.25, 0.3) is 5.91 Å². The molecule has 0 bridgehead atoms. The van der Waals surface area contributed by atoms with Crippen molar-refractivity contribution in [2.24, 2.45) is 4.99 Å². The summed E-state index contributed by atoms with van der Waals surface area (Å²) in [6.45, 7) is 3.71. The summed E-state index contributed by atoms with van der Waals surface area (Å²) in [5.74, 6) is 1.15. The average Bonchev–Trinajstić information content (AvgIpc) is 3.44. The highest BCUT2D eigenvalue weighted by Gasteiger charge is 2.48. The maximum Gasteiger partial charge on any atom is 0.255 e. The van der Waals surface area contributed by atoms with Gasteiger partial charge in [-0.2, -0.15) is 0 Å². The first-order chi connectivity index (χ1) is 16.6. The van der Waals surface area contributed by atoms with Crippen LogP contribution >= 0.6 is 11.3 Å². The number of aliphatic imine (C=N–C) groups is 1. The second-order valence-electron chi connectivity index (χ2n) is 8.65. The second-order valence-corrected chi connectivity index (χ2v) is 9.71. The molecule has 2 aliphatic heterocycles. The van der Waals surface area contributed by atoms with Crippen LogP contribution in [0.3, 0.4) is 0 Å². The summed E-state index contributed by atoms with van der Waals surface area (Å²) in [4.78, 5) is 25.2. The molecule has 176 valence electrons. The lowest BCUT2D eigenvalue weighted by molar-refractivity contribution is -0.138. The van der Waals surface area contributed by atoms with E-state index in [2.05, 4.69) is 17.1 Å². The molecule has 7 nitrogen and oxygen atoms in total. The Morgan fingerprint density at radius 2 is 1.97 bits per heavy atom. The van der Waals surface area contributed by atoms with Gasteiger partial charge in [0, 0.05) is 36.9 Å². The third-order valence-electron chi connectivity index (χ3n) is 6.10. The van der Waals surface area contributed by atoms with E-state index in [1.165, 1.54) is 0 Å². The largest absolute Gasteiger partial charge is 0.494 e. The molecule has 0 fully saturated rings. The lowest BCUT2D eigenvalue weighted by atomic mass is 9.91. The summed E-state index contributed by atoms with van der Waals surface area (Å²) in [6, 6.07) is 15.6. The second kappa shape index (κ2) is 9.56. The monoisotopic (exact) mass is 477 g/mol. The summed E-state index contributed by atoms with van der Waals surface area (Å²) in [5, 5.41) is 11.9. The number of hydrogen-bond donors (Lipinski definition) is 1. The van der Waals surface area contributed by atoms with E-state index < -0.39 is 5.54 Å². The number of amides is 1. The standard InChI is InChI=1S/C26H27N3O4S/c1-18-27-22(16-34-18)15-29-14-21-6-3-2-5-20(21)13-26(25(29)31)17-33-24(28-26)19-7-9-23(10-8-19)32-12-4-11-30/h2-3,5-10,16,30H,4,11-15,17H2,1H3/t26-/m0/s1. The van der Waals surface area contributed by atoms with Crippen LogP contribution in [-0.2, 0) is 29.0 Å². The molecule has 1 spiro atoms. The Morgan fingerprint density at radius 1 is 1.18 bits per heavy atom. The number of nitrogens with zero attached hydrogens (tertiary/aromatic N) is 3. The number of carbonyl (C=O) groups is 1. The number of aromatic nitrogens is 1. The van der Waals surface area contributed by atoms with Crippen LogP contribution in [0, 0.1) is 6.92 Å². The predicted molar refractivity (Wildman–Crippen MR) is 130 cm³/mol. The quantitative estimate of drug-likeness (QED) is 0.527. The van der Waals surface area contributed by atoms with Crippen LogP contribution in [-0.4, -0.2) is 52.2 Å². The number of aliphatic hydroxyl groups excluding tert-OH is 1. The van der Waals surface area contributed by atoms with Gasteiger partial charge in [-0.3, -0.25) is 4.79 Å². The number of rotatable bonds is 7. The number of fused-ring (bicyclic) bond motifs is 1. The minimum Gasteiger partial charge on any atom is -0.494 e. The first-order valence-electron chi connectivity index (χ1n) is 11.4. The Balaban J connectivity index is 1.44. The Kier molecular flexibility index (Phi) is 6.34. The number of aliphatic hydroxyl groups is 1. The van der Waals surface area contributed by atoms with Crippen molar-refractivity contribution >= 4 is 23.1 Å². The summed E-state index contributed by atoms with van der Waals surface area (Å²) >= 11 is 1.59. The van der Waals surface area contributed by atoms with Crippen LogP contribution in [0.5, 0.6) is 5.75 Å². The van der Waals surface area contributed by atoms with Gasteiger partial charge in [-0.15, -0.1) is 11.3 Å². The Labute approximate surface area is 202 Å². The van der Waals surface area contributed by atoms with Crippen molar-refractivity contribution in [2.45, 2.75) is 38.4 Å². The molecule has 0 saturated heterocycles. The zero-order valence-electron chi connectivity index (χ0n) is 19.1. The van der Waals surface area contributed by atoms with Gasteiger partial charge in [-0.1, -0.05) is 24.3 Å². The highest BCUT2D eigenvalue weighted by molar-refractivity contribution is 7.09. The predicted octanol–water partition coefficient (Wildman–Crippen LogP) is 3.51. The average molecular weight is 478 g/mol. The molecule has 1 aromatic heterocycles. The first-order valence-corrected chi connectivity index (χ1v) is 12.3. The van der Waals surface area contributed by atoms with Crippen LogP contribution in [0.4, 0.5) is 0 Å². The van der Waals surface area contributed by atoms with Crippen LogP contribution < -0.4 is 4.74 Å². The fourth-order valence-corrected chi connectivity index (χ4v) is 5.00. The van der Waals surface area contributed by atoms with Gasteiger partial charge in [0.15, 0.2) is 5.54 Å². The van der Waals surface area contributed by atoms with Crippen molar-refractivity contribution in [1.29, 1.82) is 0 Å². The van der Waals surface area contributed by atoms with Crippen molar-refractivity contribution in [3.05, 3.63) is 81.3 Å². The number of aryl methyl sites for hydroxylation is 1. The molecule has 1 atom stereocenters. The number of benzene rings is 2. The smallest absolute Gasteiger partial charge is 0.255 e. The fraction of sp³-hybridized carbons (Fsp3) is 0.346. The van der Waals surface area contributed by atoms with E-state index in [9.17, 15) is 4.79 Å². The zero-order valence-corrected chi connectivity index (χ0v) is 19.9. The molecule has 2 aliphatic rings. The summed E-state index contributed by atoms with van der Waals surface area (Å²) < 4.78 is 11.6. The maximum atomic E-state index is 13.9. The molecule has 0 radical (unpaired) electrons. The molecule has 0 aliphatic carbocycles. The minimum atomic E-state index is -0.997. The van der Waals surface area contributed by atoms with Gasteiger partial charge in [0.2, 0.25) is 5.90 Å². The van der Waals surface area contributed by atoms with Gasteiger partial charge in [0.1, 0.15) is 12.4 Å². The molecule has 5 rings (SSSR count). The third kappa shape index (κ3) is 4.56. The van der Waals surface area contributed by atoms with Crippen LogP contribution in [0.15, 0.2) is 58.9 Å². The minimum absolute atomic E-state index is 0.0340. The van der Waals surface area contributed by atoms with E-state index in [1.54, 1.807) is 11.3 Å².